The highest BCUT2D eigenvalue weighted by molar-refractivity contribution is 5.65. The molecule has 0 aliphatic carbocycles. The maximum atomic E-state index is 9.63. The Labute approximate surface area is 195 Å². The van der Waals surface area contributed by atoms with Gasteiger partial charge in [0.25, 0.3) is 5.89 Å². The summed E-state index contributed by atoms with van der Waals surface area (Å²) in [6, 6.07) is 7.92. The van der Waals surface area contributed by atoms with Crippen LogP contribution < -0.4 is 9.64 Å². The Morgan fingerprint density at radius 3 is 2.39 bits per heavy atom. The van der Waals surface area contributed by atoms with Crippen LogP contribution in [-0.2, 0) is 12.8 Å². The normalized spacial score (nSPS) is 12.1. The third kappa shape index (κ3) is 5.69. The predicted molar refractivity (Wildman–Crippen MR) is 129 cm³/mol. The van der Waals surface area contributed by atoms with Crippen LogP contribution in [-0.4, -0.2) is 57.7 Å². The molecule has 0 radical (unpaired) electrons. The van der Waals surface area contributed by atoms with Gasteiger partial charge in [-0.15, -0.1) is 0 Å². The summed E-state index contributed by atoms with van der Waals surface area (Å²) >= 11 is 0. The van der Waals surface area contributed by atoms with Gasteiger partial charge in [0.2, 0.25) is 5.82 Å². The summed E-state index contributed by atoms with van der Waals surface area (Å²) in [4.78, 5) is 11.6. The maximum Gasteiger partial charge on any atom is 0.258 e. The van der Waals surface area contributed by atoms with Crippen molar-refractivity contribution in [2.45, 2.75) is 53.6 Å². The molecule has 0 aliphatic rings. The average molecular weight is 455 g/mol. The second kappa shape index (κ2) is 11.2. The van der Waals surface area contributed by atoms with Crippen molar-refractivity contribution in [1.29, 1.82) is 0 Å². The lowest BCUT2D eigenvalue weighted by Gasteiger charge is -2.20. The Morgan fingerprint density at radius 1 is 1.00 bits per heavy atom. The number of ether oxygens (including phenoxy) is 1. The molecule has 8 heteroatoms. The second-order valence-corrected chi connectivity index (χ2v) is 7.94. The van der Waals surface area contributed by atoms with Crippen LogP contribution >= 0.6 is 0 Å². The van der Waals surface area contributed by atoms with E-state index in [0.717, 1.165) is 59.7 Å². The molecule has 0 aliphatic heterocycles. The lowest BCUT2D eigenvalue weighted by Crippen LogP contribution is -2.23. The highest BCUT2D eigenvalue weighted by atomic mass is 16.5. The minimum atomic E-state index is -0.914. The molecule has 2 N–H and O–H groups in total. The van der Waals surface area contributed by atoms with Crippen molar-refractivity contribution in [1.82, 2.24) is 15.1 Å². The second-order valence-electron chi connectivity index (χ2n) is 7.94. The van der Waals surface area contributed by atoms with Gasteiger partial charge in [0, 0.05) is 29.9 Å². The first-order valence-corrected chi connectivity index (χ1v) is 11.6. The lowest BCUT2D eigenvalue weighted by molar-refractivity contribution is 0.0531. The first-order chi connectivity index (χ1) is 15.9. The Hall–Kier alpha value is -2.97. The van der Waals surface area contributed by atoms with E-state index < -0.39 is 6.10 Å². The van der Waals surface area contributed by atoms with Gasteiger partial charge >= 0.3 is 0 Å². The Bertz CT molecular complexity index is 1060. The number of nitrogens with zero attached hydrogens (tertiary/aromatic N) is 4. The molecular weight excluding hydrogens is 420 g/mol. The molecule has 2 aromatic heterocycles. The third-order valence-corrected chi connectivity index (χ3v) is 5.61. The Kier molecular flexibility index (Phi) is 8.41. The van der Waals surface area contributed by atoms with Crippen molar-refractivity contribution in [3.8, 4) is 28.6 Å². The molecule has 0 saturated heterocycles. The number of aliphatic hydroxyl groups is 2. The molecule has 0 unspecified atom stereocenters. The van der Waals surface area contributed by atoms with E-state index in [-0.39, 0.29) is 13.2 Å². The maximum absolute atomic E-state index is 9.63. The van der Waals surface area contributed by atoms with E-state index in [4.69, 9.17) is 19.4 Å². The first kappa shape index (κ1) is 24.7. The van der Waals surface area contributed by atoms with Gasteiger partial charge in [-0.1, -0.05) is 19.0 Å². The van der Waals surface area contributed by atoms with Crippen LogP contribution in [0.1, 0.15) is 44.5 Å². The van der Waals surface area contributed by atoms with Crippen LogP contribution in [0.15, 0.2) is 28.8 Å². The van der Waals surface area contributed by atoms with Gasteiger partial charge in [-0.3, -0.25) is 0 Å². The van der Waals surface area contributed by atoms with Gasteiger partial charge in [-0.25, -0.2) is 4.98 Å². The zero-order chi connectivity index (χ0) is 24.0. The van der Waals surface area contributed by atoms with E-state index in [1.807, 2.05) is 38.1 Å². The molecule has 3 aromatic rings. The molecular formula is C25H34N4O4. The highest BCUT2D eigenvalue weighted by Crippen LogP contribution is 2.32. The Balaban J connectivity index is 1.94. The van der Waals surface area contributed by atoms with E-state index in [0.29, 0.717) is 17.5 Å². The lowest BCUT2D eigenvalue weighted by atomic mass is 10.0. The van der Waals surface area contributed by atoms with Crippen LogP contribution in [0.25, 0.3) is 22.8 Å². The molecule has 0 spiro atoms. The summed E-state index contributed by atoms with van der Waals surface area (Å²) in [5.74, 6) is 2.58. The summed E-state index contributed by atoms with van der Waals surface area (Å²) in [5, 5.41) is 22.9. The van der Waals surface area contributed by atoms with Gasteiger partial charge in [0.15, 0.2) is 0 Å². The minimum Gasteiger partial charge on any atom is -0.490 e. The van der Waals surface area contributed by atoms with E-state index >= 15 is 0 Å². The van der Waals surface area contributed by atoms with Gasteiger partial charge in [-0.2, -0.15) is 4.98 Å². The van der Waals surface area contributed by atoms with Crippen LogP contribution in [0.3, 0.4) is 0 Å². The fraction of sp³-hybridized carbons (Fsp3) is 0.480. The van der Waals surface area contributed by atoms with Crippen LogP contribution in [0.5, 0.6) is 5.75 Å². The summed E-state index contributed by atoms with van der Waals surface area (Å²) in [5.41, 5.74) is 4.55. The Morgan fingerprint density at radius 2 is 1.76 bits per heavy atom. The molecule has 2 heterocycles. The van der Waals surface area contributed by atoms with Gasteiger partial charge in [0.05, 0.1) is 6.61 Å². The zero-order valence-electron chi connectivity index (χ0n) is 20.1. The van der Waals surface area contributed by atoms with Crippen molar-refractivity contribution < 1.29 is 19.5 Å². The molecule has 8 nitrogen and oxygen atoms in total. The fourth-order valence-electron chi connectivity index (χ4n) is 3.72. The number of hydrogen-bond acceptors (Lipinski definition) is 8. The predicted octanol–water partition coefficient (Wildman–Crippen LogP) is 3.81. The monoisotopic (exact) mass is 454 g/mol. The van der Waals surface area contributed by atoms with Crippen LogP contribution in [0.4, 0.5) is 5.82 Å². The van der Waals surface area contributed by atoms with E-state index in [1.54, 1.807) is 0 Å². The largest absolute Gasteiger partial charge is 0.490 e. The van der Waals surface area contributed by atoms with Gasteiger partial charge in [-0.05, 0) is 69.0 Å². The SMILES string of the molecule is CCc1cc(-c2nc(-c3cc(C)c(OC[C@@H](O)CO)c(CC)c3)no2)cc(N(CC)CC)n1. The molecule has 3 rings (SSSR count). The first-order valence-electron chi connectivity index (χ1n) is 11.6. The quantitative estimate of drug-likeness (QED) is 0.451. The van der Waals surface area contributed by atoms with Crippen molar-refractivity contribution in [3.05, 3.63) is 41.1 Å². The van der Waals surface area contributed by atoms with Crippen LogP contribution in [0.2, 0.25) is 0 Å². The van der Waals surface area contributed by atoms with Gasteiger partial charge in [0.1, 0.15) is 24.3 Å². The number of aryl methyl sites for hydroxylation is 3. The molecule has 1 atom stereocenters. The zero-order valence-corrected chi connectivity index (χ0v) is 20.1. The summed E-state index contributed by atoms with van der Waals surface area (Å²) in [7, 11) is 0. The fourth-order valence-corrected chi connectivity index (χ4v) is 3.72. The smallest absolute Gasteiger partial charge is 0.258 e. The molecule has 33 heavy (non-hydrogen) atoms. The third-order valence-electron chi connectivity index (χ3n) is 5.61. The summed E-state index contributed by atoms with van der Waals surface area (Å²) < 4.78 is 11.4. The average Bonchev–Trinajstić information content (AvgIpc) is 3.33. The number of aliphatic hydroxyl groups excluding tert-OH is 2. The van der Waals surface area contributed by atoms with Crippen LogP contribution in [0, 0.1) is 6.92 Å². The van der Waals surface area contributed by atoms with Crippen molar-refractivity contribution in [2.75, 3.05) is 31.2 Å². The molecule has 0 saturated carbocycles. The summed E-state index contributed by atoms with van der Waals surface area (Å²) in [6.45, 7) is 11.7. The van der Waals surface area contributed by atoms with E-state index in [2.05, 4.69) is 35.8 Å². The number of rotatable bonds is 11. The van der Waals surface area contributed by atoms with E-state index in [9.17, 15) is 5.11 Å². The molecule has 178 valence electrons. The summed E-state index contributed by atoms with van der Waals surface area (Å²) in [6.07, 6.45) is 0.638. The van der Waals surface area contributed by atoms with E-state index in [1.165, 1.54) is 0 Å². The number of pyridine rings is 1. The number of hydrogen-bond donors (Lipinski definition) is 2. The van der Waals surface area contributed by atoms with Crippen molar-refractivity contribution in [3.63, 3.8) is 0 Å². The van der Waals surface area contributed by atoms with Crippen molar-refractivity contribution >= 4 is 5.82 Å². The molecule has 0 fully saturated rings. The molecule has 1 aromatic carbocycles. The number of benzene rings is 1. The standard InChI is InChI=1S/C25H34N4O4/c1-6-17-11-18(10-16(5)23(17)32-15-21(31)14-30)24-27-25(33-28-24)19-12-20(7-2)26-22(13-19)29(8-3)9-4/h10-13,21,30-31H,6-9,14-15H2,1-5H3/t21-/m0/s1. The van der Waals surface area contributed by atoms with Crippen molar-refractivity contribution in [2.24, 2.45) is 0 Å². The molecule has 0 amide bonds. The topological polar surface area (TPSA) is 105 Å². The number of aromatic nitrogens is 3. The minimum absolute atomic E-state index is 0.0344. The molecule has 0 bridgehead atoms. The highest BCUT2D eigenvalue weighted by Gasteiger charge is 2.17. The van der Waals surface area contributed by atoms with Gasteiger partial charge < -0.3 is 24.4 Å². The number of anilines is 1.